The number of H-pyrrole nitrogens is 1. The van der Waals surface area contributed by atoms with Crippen molar-refractivity contribution < 1.29 is 4.74 Å². The van der Waals surface area contributed by atoms with Crippen molar-refractivity contribution in [3.05, 3.63) is 50.9 Å². The maximum Gasteiger partial charge on any atom is 0.259 e. The smallest absolute Gasteiger partial charge is 0.259 e. The molecule has 5 nitrogen and oxygen atoms in total. The second-order valence-corrected chi connectivity index (χ2v) is 6.94. The third-order valence-electron chi connectivity index (χ3n) is 4.02. The van der Waals surface area contributed by atoms with Gasteiger partial charge in [0, 0.05) is 10.6 Å². The van der Waals surface area contributed by atoms with Crippen molar-refractivity contribution in [3.8, 4) is 5.75 Å². The lowest BCUT2D eigenvalue weighted by atomic mass is 10.2. The first kappa shape index (κ1) is 16.5. The number of ether oxygens (including phenoxy) is 1. The molecule has 2 N–H and O–H groups in total. The number of thiophene rings is 1. The number of fused-ring (bicyclic) bond motifs is 1. The van der Waals surface area contributed by atoms with Gasteiger partial charge in [0.1, 0.15) is 16.4 Å². The van der Waals surface area contributed by atoms with E-state index < -0.39 is 0 Å². The number of anilines is 1. The molecule has 0 bridgehead atoms. The normalized spacial score (nSPS) is 12.3. The molecule has 0 fully saturated rings. The standard InChI is InChI=1S/C18H21N3O2S/c1-5-23-14-8-6-13(7-9-14)19-11(3)16-20-17(22)15-10(2)12(4)24-18(15)21-16/h6-9,11,19H,5H2,1-4H3,(H,20,21,22)/t11-/m1/s1. The quantitative estimate of drug-likeness (QED) is 0.729. The number of aryl methyl sites for hydroxylation is 2. The molecular formula is C18H21N3O2S. The molecule has 1 atom stereocenters. The van der Waals surface area contributed by atoms with Crippen molar-refractivity contribution in [2.45, 2.75) is 33.7 Å². The summed E-state index contributed by atoms with van der Waals surface area (Å²) in [5.41, 5.74) is 1.90. The van der Waals surface area contributed by atoms with E-state index in [-0.39, 0.29) is 11.6 Å². The molecule has 0 aliphatic rings. The summed E-state index contributed by atoms with van der Waals surface area (Å²) in [7, 11) is 0. The number of aromatic nitrogens is 2. The number of nitrogens with one attached hydrogen (secondary N) is 2. The molecule has 6 heteroatoms. The molecule has 0 aliphatic heterocycles. The molecule has 2 aromatic heterocycles. The highest BCUT2D eigenvalue weighted by Crippen LogP contribution is 2.27. The van der Waals surface area contributed by atoms with Crippen molar-refractivity contribution in [2.75, 3.05) is 11.9 Å². The molecule has 0 unspecified atom stereocenters. The average Bonchev–Trinajstić information content (AvgIpc) is 2.84. The summed E-state index contributed by atoms with van der Waals surface area (Å²) in [6.45, 7) is 8.57. The first-order chi connectivity index (χ1) is 11.5. The number of aromatic amines is 1. The predicted octanol–water partition coefficient (Wildman–Crippen LogP) is 4.17. The Bertz CT molecular complexity index is 912. The number of benzene rings is 1. The highest BCUT2D eigenvalue weighted by atomic mass is 32.1. The molecular weight excluding hydrogens is 322 g/mol. The Labute approximate surface area is 144 Å². The number of hydrogen-bond donors (Lipinski definition) is 2. The van der Waals surface area contributed by atoms with Crippen LogP contribution < -0.4 is 15.6 Å². The molecule has 126 valence electrons. The van der Waals surface area contributed by atoms with E-state index in [1.807, 2.05) is 52.0 Å². The molecule has 24 heavy (non-hydrogen) atoms. The minimum atomic E-state index is -0.109. The topological polar surface area (TPSA) is 67.0 Å². The maximum atomic E-state index is 12.4. The van der Waals surface area contributed by atoms with Gasteiger partial charge in [-0.05, 0) is 57.5 Å². The largest absolute Gasteiger partial charge is 0.494 e. The van der Waals surface area contributed by atoms with Crippen LogP contribution in [0.1, 0.15) is 36.2 Å². The van der Waals surface area contributed by atoms with E-state index >= 15 is 0 Å². The van der Waals surface area contributed by atoms with E-state index in [2.05, 4.69) is 15.3 Å². The summed E-state index contributed by atoms with van der Waals surface area (Å²) in [6.07, 6.45) is 0. The van der Waals surface area contributed by atoms with Crippen LogP contribution in [0.15, 0.2) is 29.1 Å². The van der Waals surface area contributed by atoms with Gasteiger partial charge in [-0.25, -0.2) is 4.98 Å². The Morgan fingerprint density at radius 3 is 2.67 bits per heavy atom. The Balaban J connectivity index is 1.85. The maximum absolute atomic E-state index is 12.4. The predicted molar refractivity (Wildman–Crippen MR) is 99.4 cm³/mol. The zero-order valence-electron chi connectivity index (χ0n) is 14.3. The van der Waals surface area contributed by atoms with Crippen LogP contribution in [0, 0.1) is 13.8 Å². The van der Waals surface area contributed by atoms with Crippen molar-refractivity contribution in [1.29, 1.82) is 0 Å². The van der Waals surface area contributed by atoms with Crippen LogP contribution in [-0.4, -0.2) is 16.6 Å². The molecule has 3 aromatic rings. The molecule has 2 heterocycles. The molecule has 3 rings (SSSR count). The molecule has 0 radical (unpaired) electrons. The molecule has 0 spiro atoms. The number of nitrogens with zero attached hydrogens (tertiary/aromatic N) is 1. The van der Waals surface area contributed by atoms with Crippen LogP contribution >= 0.6 is 11.3 Å². The highest BCUT2D eigenvalue weighted by Gasteiger charge is 2.15. The van der Waals surface area contributed by atoms with Crippen LogP contribution in [0.3, 0.4) is 0 Å². The molecule has 1 aromatic carbocycles. The lowest BCUT2D eigenvalue weighted by molar-refractivity contribution is 0.340. The summed E-state index contributed by atoms with van der Waals surface area (Å²) in [5.74, 6) is 1.48. The van der Waals surface area contributed by atoms with E-state index in [1.165, 1.54) is 0 Å². The molecule has 0 saturated heterocycles. The zero-order valence-corrected chi connectivity index (χ0v) is 15.1. The van der Waals surface area contributed by atoms with Crippen LogP contribution in [0.2, 0.25) is 0 Å². The van der Waals surface area contributed by atoms with Crippen LogP contribution in [0.4, 0.5) is 5.69 Å². The second kappa shape index (κ2) is 6.65. The van der Waals surface area contributed by atoms with Gasteiger partial charge in [0.15, 0.2) is 0 Å². The van der Waals surface area contributed by atoms with Gasteiger partial charge in [-0.3, -0.25) is 4.79 Å². The summed E-state index contributed by atoms with van der Waals surface area (Å²) in [5, 5.41) is 4.06. The van der Waals surface area contributed by atoms with Gasteiger partial charge in [0.2, 0.25) is 0 Å². The first-order valence-corrected chi connectivity index (χ1v) is 8.80. The van der Waals surface area contributed by atoms with Gasteiger partial charge in [-0.1, -0.05) is 0 Å². The van der Waals surface area contributed by atoms with Crippen LogP contribution in [-0.2, 0) is 0 Å². The van der Waals surface area contributed by atoms with Gasteiger partial charge in [-0.2, -0.15) is 0 Å². The van der Waals surface area contributed by atoms with Gasteiger partial charge in [0.25, 0.3) is 5.56 Å². The van der Waals surface area contributed by atoms with E-state index in [0.717, 1.165) is 26.7 Å². The van der Waals surface area contributed by atoms with E-state index in [9.17, 15) is 4.79 Å². The lowest BCUT2D eigenvalue weighted by Gasteiger charge is -2.15. The number of rotatable bonds is 5. The Morgan fingerprint density at radius 2 is 2.00 bits per heavy atom. The molecule has 0 aliphatic carbocycles. The summed E-state index contributed by atoms with van der Waals surface area (Å²) >= 11 is 1.56. The van der Waals surface area contributed by atoms with Crippen molar-refractivity contribution >= 4 is 27.2 Å². The fraction of sp³-hybridized carbons (Fsp3) is 0.333. The summed E-state index contributed by atoms with van der Waals surface area (Å²) < 4.78 is 5.44. The number of hydrogen-bond acceptors (Lipinski definition) is 5. The first-order valence-electron chi connectivity index (χ1n) is 7.99. The minimum absolute atomic E-state index is 0.0720. The third kappa shape index (κ3) is 3.14. The van der Waals surface area contributed by atoms with Crippen molar-refractivity contribution in [1.82, 2.24) is 9.97 Å². The fourth-order valence-corrected chi connectivity index (χ4v) is 3.65. The Kier molecular flexibility index (Phi) is 4.57. The van der Waals surface area contributed by atoms with E-state index in [4.69, 9.17) is 4.74 Å². The zero-order chi connectivity index (χ0) is 17.3. The van der Waals surface area contributed by atoms with Gasteiger partial charge in [-0.15, -0.1) is 11.3 Å². The SMILES string of the molecule is CCOc1ccc(N[C@H](C)c2nc3sc(C)c(C)c3c(=O)[nH]2)cc1. The summed E-state index contributed by atoms with van der Waals surface area (Å²) in [6, 6.07) is 7.64. The summed E-state index contributed by atoms with van der Waals surface area (Å²) in [4.78, 5) is 21.8. The Morgan fingerprint density at radius 1 is 1.29 bits per heavy atom. The highest BCUT2D eigenvalue weighted by molar-refractivity contribution is 7.18. The molecule has 0 amide bonds. The fourth-order valence-electron chi connectivity index (χ4n) is 2.61. The Hall–Kier alpha value is -2.34. The van der Waals surface area contributed by atoms with Crippen LogP contribution in [0.5, 0.6) is 5.75 Å². The average molecular weight is 343 g/mol. The van der Waals surface area contributed by atoms with Crippen LogP contribution in [0.25, 0.3) is 10.2 Å². The lowest BCUT2D eigenvalue weighted by Crippen LogP contribution is -2.17. The minimum Gasteiger partial charge on any atom is -0.494 e. The van der Waals surface area contributed by atoms with E-state index in [1.54, 1.807) is 11.3 Å². The van der Waals surface area contributed by atoms with Crippen molar-refractivity contribution in [3.63, 3.8) is 0 Å². The third-order valence-corrected chi connectivity index (χ3v) is 5.12. The van der Waals surface area contributed by atoms with Gasteiger partial charge < -0.3 is 15.0 Å². The second-order valence-electron chi connectivity index (χ2n) is 5.74. The molecule has 0 saturated carbocycles. The van der Waals surface area contributed by atoms with Crippen molar-refractivity contribution in [2.24, 2.45) is 0 Å². The van der Waals surface area contributed by atoms with Gasteiger partial charge >= 0.3 is 0 Å². The monoisotopic (exact) mass is 343 g/mol. The van der Waals surface area contributed by atoms with E-state index in [0.29, 0.717) is 17.8 Å². The van der Waals surface area contributed by atoms with Gasteiger partial charge in [0.05, 0.1) is 18.0 Å².